The van der Waals surface area contributed by atoms with Crippen LogP contribution in [0.25, 0.3) is 0 Å². The molecule has 1 heteroatoms. The smallest absolute Gasteiger partial charge is 0.0731 e. The zero-order valence-corrected chi connectivity index (χ0v) is 7.56. The maximum Gasteiger partial charge on any atom is 0.0731 e. The molecule has 0 bridgehead atoms. The summed E-state index contributed by atoms with van der Waals surface area (Å²) in [6, 6.07) is 0. The monoisotopic (exact) mass is 154 g/mol. The SMILES string of the molecule is CC1CC1(O)C1(C)CCCC1. The normalized spacial score (nSPS) is 47.7. The summed E-state index contributed by atoms with van der Waals surface area (Å²) in [6.45, 7) is 4.44. The van der Waals surface area contributed by atoms with Gasteiger partial charge in [-0.1, -0.05) is 26.7 Å². The van der Waals surface area contributed by atoms with E-state index in [1.54, 1.807) is 0 Å². The minimum Gasteiger partial charge on any atom is -0.389 e. The average molecular weight is 154 g/mol. The summed E-state index contributed by atoms with van der Waals surface area (Å²) in [5.41, 5.74) is -0.00405. The predicted molar refractivity (Wildman–Crippen MR) is 45.3 cm³/mol. The van der Waals surface area contributed by atoms with Gasteiger partial charge in [0.2, 0.25) is 0 Å². The molecule has 0 aliphatic heterocycles. The van der Waals surface area contributed by atoms with Crippen LogP contribution in [0.5, 0.6) is 0 Å². The van der Waals surface area contributed by atoms with Gasteiger partial charge in [0.15, 0.2) is 0 Å². The molecule has 2 atom stereocenters. The van der Waals surface area contributed by atoms with Crippen molar-refractivity contribution < 1.29 is 5.11 Å². The van der Waals surface area contributed by atoms with Gasteiger partial charge in [0, 0.05) is 0 Å². The second-order valence-corrected chi connectivity index (χ2v) is 4.80. The van der Waals surface area contributed by atoms with Gasteiger partial charge in [-0.05, 0) is 30.6 Å². The zero-order chi connectivity index (χ0) is 8.11. The maximum absolute atomic E-state index is 10.2. The molecular weight excluding hydrogens is 136 g/mol. The Kier molecular flexibility index (Phi) is 1.39. The van der Waals surface area contributed by atoms with Crippen LogP contribution in [0.1, 0.15) is 46.0 Å². The first-order chi connectivity index (χ1) is 5.08. The molecule has 2 unspecified atom stereocenters. The molecule has 2 rings (SSSR count). The van der Waals surface area contributed by atoms with Crippen molar-refractivity contribution in [2.75, 3.05) is 0 Å². The molecule has 2 fully saturated rings. The van der Waals surface area contributed by atoms with Gasteiger partial charge in [0.1, 0.15) is 0 Å². The Bertz CT molecular complexity index is 170. The van der Waals surface area contributed by atoms with Crippen LogP contribution in [-0.2, 0) is 0 Å². The lowest BCUT2D eigenvalue weighted by Crippen LogP contribution is -2.33. The molecule has 11 heavy (non-hydrogen) atoms. The third-order valence-corrected chi connectivity index (χ3v) is 4.02. The number of hydrogen-bond donors (Lipinski definition) is 1. The number of rotatable bonds is 1. The highest BCUT2D eigenvalue weighted by Gasteiger charge is 2.61. The van der Waals surface area contributed by atoms with Gasteiger partial charge in [-0.25, -0.2) is 0 Å². The first-order valence-corrected chi connectivity index (χ1v) is 4.81. The summed E-state index contributed by atoms with van der Waals surface area (Å²) < 4.78 is 0. The maximum atomic E-state index is 10.2. The van der Waals surface area contributed by atoms with Crippen molar-refractivity contribution in [2.24, 2.45) is 11.3 Å². The molecule has 2 aliphatic rings. The quantitative estimate of drug-likeness (QED) is 0.614. The van der Waals surface area contributed by atoms with Gasteiger partial charge >= 0.3 is 0 Å². The van der Waals surface area contributed by atoms with Crippen molar-refractivity contribution in [1.29, 1.82) is 0 Å². The van der Waals surface area contributed by atoms with Gasteiger partial charge in [-0.15, -0.1) is 0 Å². The summed E-state index contributed by atoms with van der Waals surface area (Å²) in [7, 11) is 0. The zero-order valence-electron chi connectivity index (χ0n) is 7.56. The van der Waals surface area contributed by atoms with Gasteiger partial charge < -0.3 is 5.11 Å². The summed E-state index contributed by atoms with van der Waals surface area (Å²) in [5.74, 6) is 0.561. The Labute approximate surface area is 68.8 Å². The molecule has 0 radical (unpaired) electrons. The van der Waals surface area contributed by atoms with E-state index in [-0.39, 0.29) is 11.0 Å². The fourth-order valence-electron chi connectivity index (χ4n) is 2.84. The highest BCUT2D eigenvalue weighted by molar-refractivity contribution is 5.12. The largest absolute Gasteiger partial charge is 0.389 e. The third kappa shape index (κ3) is 0.868. The van der Waals surface area contributed by atoms with Gasteiger partial charge in [-0.2, -0.15) is 0 Å². The molecular formula is C10H18O. The van der Waals surface area contributed by atoms with Gasteiger partial charge in [0.25, 0.3) is 0 Å². The lowest BCUT2D eigenvalue weighted by molar-refractivity contribution is 0.00435. The number of aliphatic hydroxyl groups is 1. The van der Waals surface area contributed by atoms with Crippen molar-refractivity contribution in [3.8, 4) is 0 Å². The average Bonchev–Trinajstić information content (AvgIpc) is 2.46. The lowest BCUT2D eigenvalue weighted by atomic mass is 9.79. The molecule has 0 aromatic carbocycles. The van der Waals surface area contributed by atoms with Crippen LogP contribution in [0.4, 0.5) is 0 Å². The van der Waals surface area contributed by atoms with Crippen LogP contribution < -0.4 is 0 Å². The molecule has 2 saturated carbocycles. The fourth-order valence-corrected chi connectivity index (χ4v) is 2.84. The first kappa shape index (κ1) is 7.60. The Hall–Kier alpha value is -0.0400. The van der Waals surface area contributed by atoms with Crippen LogP contribution in [0.3, 0.4) is 0 Å². The predicted octanol–water partition coefficient (Wildman–Crippen LogP) is 2.34. The van der Waals surface area contributed by atoms with Gasteiger partial charge in [0.05, 0.1) is 5.60 Å². The van der Waals surface area contributed by atoms with E-state index in [4.69, 9.17) is 0 Å². The Morgan fingerprint density at radius 3 is 2.09 bits per heavy atom. The molecule has 0 amide bonds. The van der Waals surface area contributed by atoms with E-state index in [0.29, 0.717) is 5.92 Å². The van der Waals surface area contributed by atoms with E-state index < -0.39 is 0 Å². The molecule has 0 aromatic heterocycles. The van der Waals surface area contributed by atoms with Crippen LogP contribution >= 0.6 is 0 Å². The number of hydrogen-bond acceptors (Lipinski definition) is 1. The lowest BCUT2D eigenvalue weighted by Gasteiger charge is -2.31. The fraction of sp³-hybridized carbons (Fsp3) is 1.00. The summed E-state index contributed by atoms with van der Waals surface area (Å²) in [6.07, 6.45) is 6.18. The molecule has 0 aromatic rings. The molecule has 0 saturated heterocycles. The minimum atomic E-state index is -0.274. The van der Waals surface area contributed by atoms with Crippen LogP contribution in [0, 0.1) is 11.3 Å². The van der Waals surface area contributed by atoms with E-state index >= 15 is 0 Å². The Morgan fingerprint density at radius 1 is 1.27 bits per heavy atom. The van der Waals surface area contributed by atoms with Crippen molar-refractivity contribution >= 4 is 0 Å². The molecule has 64 valence electrons. The molecule has 2 aliphatic carbocycles. The van der Waals surface area contributed by atoms with Crippen LogP contribution in [0.2, 0.25) is 0 Å². The van der Waals surface area contributed by atoms with Crippen molar-refractivity contribution in [3.05, 3.63) is 0 Å². The highest BCUT2D eigenvalue weighted by Crippen LogP contribution is 2.61. The third-order valence-electron chi connectivity index (χ3n) is 4.02. The van der Waals surface area contributed by atoms with Crippen molar-refractivity contribution in [2.45, 2.75) is 51.6 Å². The Balaban J connectivity index is 2.14. The first-order valence-electron chi connectivity index (χ1n) is 4.81. The summed E-state index contributed by atoms with van der Waals surface area (Å²) in [4.78, 5) is 0. The van der Waals surface area contributed by atoms with E-state index in [0.717, 1.165) is 6.42 Å². The molecule has 0 heterocycles. The Morgan fingerprint density at radius 2 is 1.73 bits per heavy atom. The second-order valence-electron chi connectivity index (χ2n) is 4.80. The van der Waals surface area contributed by atoms with E-state index in [1.165, 1.54) is 25.7 Å². The van der Waals surface area contributed by atoms with E-state index in [9.17, 15) is 5.11 Å². The topological polar surface area (TPSA) is 20.2 Å². The van der Waals surface area contributed by atoms with Crippen molar-refractivity contribution in [1.82, 2.24) is 0 Å². The summed E-state index contributed by atoms with van der Waals surface area (Å²) in [5, 5.41) is 10.2. The molecule has 0 spiro atoms. The molecule has 1 nitrogen and oxygen atoms in total. The second kappa shape index (κ2) is 2.01. The summed E-state index contributed by atoms with van der Waals surface area (Å²) >= 11 is 0. The van der Waals surface area contributed by atoms with E-state index in [1.807, 2.05) is 0 Å². The standard InChI is InChI=1S/C10H18O/c1-8-7-10(8,11)9(2)5-3-4-6-9/h8,11H,3-7H2,1-2H3. The van der Waals surface area contributed by atoms with Crippen molar-refractivity contribution in [3.63, 3.8) is 0 Å². The van der Waals surface area contributed by atoms with Crippen LogP contribution in [-0.4, -0.2) is 10.7 Å². The highest BCUT2D eigenvalue weighted by atomic mass is 16.3. The van der Waals surface area contributed by atoms with Crippen LogP contribution in [0.15, 0.2) is 0 Å². The van der Waals surface area contributed by atoms with E-state index in [2.05, 4.69) is 13.8 Å². The van der Waals surface area contributed by atoms with Gasteiger partial charge in [-0.3, -0.25) is 0 Å². The molecule has 1 N–H and O–H groups in total. The minimum absolute atomic E-state index is 0.270.